The van der Waals surface area contributed by atoms with Gasteiger partial charge in [-0.1, -0.05) is 43.3 Å². The molecule has 214 valence electrons. The van der Waals surface area contributed by atoms with Gasteiger partial charge in [-0.15, -0.1) is 18.3 Å². The van der Waals surface area contributed by atoms with Gasteiger partial charge in [0.05, 0.1) is 5.69 Å². The van der Waals surface area contributed by atoms with E-state index in [1.165, 1.54) is 35.3 Å². The van der Waals surface area contributed by atoms with E-state index in [0.29, 0.717) is 17.9 Å². The number of nitrogens with one attached hydrogen (secondary N) is 3. The summed E-state index contributed by atoms with van der Waals surface area (Å²) in [6.45, 7) is 5.95. The molecule has 0 saturated heterocycles. The van der Waals surface area contributed by atoms with Gasteiger partial charge in [-0.3, -0.25) is 5.32 Å². The van der Waals surface area contributed by atoms with E-state index in [0.717, 1.165) is 34.4 Å². The number of carbonyl (C=O) groups is 1. The lowest BCUT2D eigenvalue weighted by atomic mass is 10.1. The molecule has 1 aromatic heterocycles. The maximum atomic E-state index is 12.5. The molecule has 0 aliphatic heterocycles. The van der Waals surface area contributed by atoms with Crippen LogP contribution in [0.4, 0.5) is 23.7 Å². The number of aromatic nitrogens is 3. The van der Waals surface area contributed by atoms with E-state index in [4.69, 9.17) is 12.2 Å². The Kier molecular flexibility index (Phi) is 9.23. The van der Waals surface area contributed by atoms with Crippen LogP contribution in [0.3, 0.4) is 0 Å². The molecule has 2 amide bonds. The number of alkyl halides is 3. The molecule has 0 aliphatic rings. The van der Waals surface area contributed by atoms with Gasteiger partial charge in [0, 0.05) is 17.3 Å². The van der Waals surface area contributed by atoms with Crippen molar-refractivity contribution in [2.24, 2.45) is 0 Å². The molecule has 1 atom stereocenters. The first-order valence-electron chi connectivity index (χ1n) is 12.8. The van der Waals surface area contributed by atoms with E-state index in [9.17, 15) is 18.0 Å². The normalized spacial score (nSPS) is 12.0. The van der Waals surface area contributed by atoms with Gasteiger partial charge in [-0.25, -0.2) is 14.5 Å². The number of amides is 2. The maximum Gasteiger partial charge on any atom is 0.573 e. The van der Waals surface area contributed by atoms with Crippen molar-refractivity contribution in [2.75, 3.05) is 5.32 Å². The van der Waals surface area contributed by atoms with Crippen molar-refractivity contribution >= 4 is 29.0 Å². The Balaban J connectivity index is 1.29. The summed E-state index contributed by atoms with van der Waals surface area (Å²) in [7, 11) is 0. The van der Waals surface area contributed by atoms with Crippen LogP contribution in [0.1, 0.15) is 30.5 Å². The van der Waals surface area contributed by atoms with E-state index in [1.807, 2.05) is 56.3 Å². The van der Waals surface area contributed by atoms with Gasteiger partial charge < -0.3 is 15.4 Å². The van der Waals surface area contributed by atoms with Crippen molar-refractivity contribution in [3.63, 3.8) is 0 Å². The van der Waals surface area contributed by atoms with Crippen molar-refractivity contribution in [3.8, 4) is 22.8 Å². The first-order valence-corrected chi connectivity index (χ1v) is 13.2. The second-order valence-corrected chi connectivity index (χ2v) is 9.83. The molecular weight excluding hydrogens is 553 g/mol. The molecule has 3 N–H and O–H groups in total. The maximum absolute atomic E-state index is 12.5. The molecule has 1 unspecified atom stereocenters. The second kappa shape index (κ2) is 12.8. The van der Waals surface area contributed by atoms with Crippen LogP contribution in [0, 0.1) is 6.92 Å². The van der Waals surface area contributed by atoms with E-state index in [2.05, 4.69) is 37.7 Å². The smallest absolute Gasteiger partial charge is 0.406 e. The SMILES string of the molecule is CCc1ccc(C)cc1NC(=S)NC(=O)NC(C)Cc1ccc(-c2ncn(-c3ccc(OC(F)(F)F)cc3)n2)cc1. The predicted molar refractivity (Wildman–Crippen MR) is 155 cm³/mol. The minimum atomic E-state index is -4.75. The zero-order chi connectivity index (χ0) is 29.6. The lowest BCUT2D eigenvalue weighted by molar-refractivity contribution is -0.274. The third-order valence-corrected chi connectivity index (χ3v) is 6.28. The van der Waals surface area contributed by atoms with Crippen molar-refractivity contribution in [3.05, 3.63) is 89.7 Å². The lowest BCUT2D eigenvalue weighted by Crippen LogP contribution is -2.45. The standard InChI is InChI=1S/C29H29F3N6O2S/c1-4-21-8-5-18(2)15-25(21)35-28(41)36-27(39)34-19(3)16-20-6-9-22(10-7-20)26-33-17-38(37-26)23-11-13-24(14-12-23)40-29(30,31)32/h5-15,17,19H,4,16H2,1-3H3,(H3,34,35,36,39,41). The molecule has 0 aliphatic carbocycles. The Morgan fingerprint density at radius 2 is 1.78 bits per heavy atom. The Labute approximate surface area is 240 Å². The zero-order valence-corrected chi connectivity index (χ0v) is 23.4. The summed E-state index contributed by atoms with van der Waals surface area (Å²) in [4.78, 5) is 16.8. The molecule has 0 radical (unpaired) electrons. The molecule has 41 heavy (non-hydrogen) atoms. The molecule has 8 nitrogen and oxygen atoms in total. The average molecular weight is 583 g/mol. The average Bonchev–Trinajstić information content (AvgIpc) is 3.39. The molecule has 4 rings (SSSR count). The van der Waals surface area contributed by atoms with Gasteiger partial charge in [0.25, 0.3) is 0 Å². The summed E-state index contributed by atoms with van der Waals surface area (Å²) in [6.07, 6.45) is -1.85. The van der Waals surface area contributed by atoms with Crippen LogP contribution in [0.2, 0.25) is 0 Å². The Bertz CT molecular complexity index is 1500. The Morgan fingerprint density at radius 3 is 2.44 bits per heavy atom. The number of hydrogen-bond donors (Lipinski definition) is 3. The van der Waals surface area contributed by atoms with Gasteiger partial charge in [-0.05, 0) is 85.9 Å². The van der Waals surface area contributed by atoms with Gasteiger partial charge in [0.2, 0.25) is 0 Å². The van der Waals surface area contributed by atoms with Crippen LogP contribution in [-0.4, -0.2) is 38.3 Å². The fourth-order valence-corrected chi connectivity index (χ4v) is 4.35. The molecule has 3 aromatic carbocycles. The number of halogens is 3. The minimum absolute atomic E-state index is 0.171. The third kappa shape index (κ3) is 8.52. The summed E-state index contributed by atoms with van der Waals surface area (Å²) in [5.74, 6) is 0.143. The van der Waals surface area contributed by atoms with Crippen molar-refractivity contribution in [1.29, 1.82) is 0 Å². The number of ether oxygens (including phenoxy) is 1. The molecule has 0 saturated carbocycles. The highest BCUT2D eigenvalue weighted by Crippen LogP contribution is 2.24. The first kappa shape index (κ1) is 29.5. The summed E-state index contributed by atoms with van der Waals surface area (Å²) in [6, 6.07) is 18.4. The Hall–Kier alpha value is -4.45. The van der Waals surface area contributed by atoms with Crippen LogP contribution in [0.25, 0.3) is 17.1 Å². The molecule has 1 heterocycles. The fraction of sp³-hybridized carbons (Fsp3) is 0.241. The van der Waals surface area contributed by atoms with E-state index in [1.54, 1.807) is 0 Å². The van der Waals surface area contributed by atoms with Gasteiger partial charge >= 0.3 is 12.4 Å². The quantitative estimate of drug-likeness (QED) is 0.210. The Morgan fingerprint density at radius 1 is 1.07 bits per heavy atom. The first-order chi connectivity index (χ1) is 19.5. The van der Waals surface area contributed by atoms with Gasteiger partial charge in [0.15, 0.2) is 10.9 Å². The largest absolute Gasteiger partial charge is 0.573 e. The van der Waals surface area contributed by atoms with Gasteiger partial charge in [-0.2, -0.15) is 0 Å². The molecule has 12 heteroatoms. The highest BCUT2D eigenvalue weighted by Gasteiger charge is 2.31. The number of benzene rings is 3. The van der Waals surface area contributed by atoms with Crippen molar-refractivity contribution in [1.82, 2.24) is 25.4 Å². The molecule has 4 aromatic rings. The summed E-state index contributed by atoms with van der Waals surface area (Å²) in [5, 5.41) is 13.3. The van der Waals surface area contributed by atoms with Crippen molar-refractivity contribution in [2.45, 2.75) is 46.0 Å². The number of aryl methyl sites for hydroxylation is 2. The topological polar surface area (TPSA) is 93.1 Å². The summed E-state index contributed by atoms with van der Waals surface area (Å²) >= 11 is 5.32. The molecule has 0 bridgehead atoms. The number of hydrogen-bond acceptors (Lipinski definition) is 5. The second-order valence-electron chi connectivity index (χ2n) is 9.42. The van der Waals surface area contributed by atoms with Crippen LogP contribution < -0.4 is 20.7 Å². The van der Waals surface area contributed by atoms with Crippen molar-refractivity contribution < 1.29 is 22.7 Å². The number of nitrogens with zero attached hydrogens (tertiary/aromatic N) is 3. The highest BCUT2D eigenvalue weighted by molar-refractivity contribution is 7.80. The number of thiocarbonyl (C=S) groups is 1. The van der Waals surface area contributed by atoms with Crippen LogP contribution in [-0.2, 0) is 12.8 Å². The number of carbonyl (C=O) groups excluding carboxylic acids is 1. The number of anilines is 1. The van der Waals surface area contributed by atoms with Crippen LogP contribution >= 0.6 is 12.2 Å². The van der Waals surface area contributed by atoms with E-state index in [-0.39, 0.29) is 16.9 Å². The zero-order valence-electron chi connectivity index (χ0n) is 22.6. The minimum Gasteiger partial charge on any atom is -0.406 e. The van der Waals surface area contributed by atoms with E-state index >= 15 is 0 Å². The van der Waals surface area contributed by atoms with Crippen LogP contribution in [0.5, 0.6) is 5.75 Å². The van der Waals surface area contributed by atoms with Gasteiger partial charge in [0.1, 0.15) is 12.1 Å². The predicted octanol–water partition coefficient (Wildman–Crippen LogP) is 6.33. The number of urea groups is 1. The lowest BCUT2D eigenvalue weighted by Gasteiger charge is -2.17. The highest BCUT2D eigenvalue weighted by atomic mass is 32.1. The molecule has 0 fully saturated rings. The molecule has 0 spiro atoms. The summed E-state index contributed by atoms with van der Waals surface area (Å²) in [5.41, 5.74) is 5.36. The fourth-order valence-electron chi connectivity index (χ4n) is 4.15. The summed E-state index contributed by atoms with van der Waals surface area (Å²) < 4.78 is 42.5. The molecular formula is C29H29F3N6O2S. The van der Waals surface area contributed by atoms with Crippen LogP contribution in [0.15, 0.2) is 73.1 Å². The van der Waals surface area contributed by atoms with E-state index < -0.39 is 12.4 Å². The third-order valence-electron chi connectivity index (χ3n) is 6.08. The monoisotopic (exact) mass is 582 g/mol. The number of rotatable bonds is 8.